The molecule has 0 aliphatic rings. The van der Waals surface area contributed by atoms with E-state index in [2.05, 4.69) is 5.32 Å². The second-order valence-corrected chi connectivity index (χ2v) is 4.44. The number of nitrogens with one attached hydrogen (secondary N) is 1. The Kier molecular flexibility index (Phi) is 5.66. The van der Waals surface area contributed by atoms with Crippen LogP contribution in [0.2, 0.25) is 0 Å². The standard InChI is InChI=1S/C13H21N3O/c1-11(14)9-16(2)10-13(17)15-8-12-6-4-3-5-7-12/h3-7,11H,8-10,14H2,1-2H3,(H,15,17). The Bertz CT molecular complexity index is 338. The highest BCUT2D eigenvalue weighted by Crippen LogP contribution is 1.97. The molecule has 1 aromatic carbocycles. The van der Waals surface area contributed by atoms with Crippen LogP contribution in [0.5, 0.6) is 0 Å². The number of carbonyl (C=O) groups excluding carboxylic acids is 1. The molecule has 0 aliphatic heterocycles. The van der Waals surface area contributed by atoms with Gasteiger partial charge in [0.05, 0.1) is 6.54 Å². The van der Waals surface area contributed by atoms with Gasteiger partial charge in [0.15, 0.2) is 0 Å². The largest absolute Gasteiger partial charge is 0.351 e. The third-order valence-corrected chi connectivity index (χ3v) is 2.35. The monoisotopic (exact) mass is 235 g/mol. The third kappa shape index (κ3) is 6.04. The van der Waals surface area contributed by atoms with E-state index in [1.807, 2.05) is 49.2 Å². The molecular formula is C13H21N3O. The van der Waals surface area contributed by atoms with E-state index >= 15 is 0 Å². The zero-order valence-corrected chi connectivity index (χ0v) is 10.5. The lowest BCUT2D eigenvalue weighted by Crippen LogP contribution is -2.39. The van der Waals surface area contributed by atoms with Gasteiger partial charge in [-0.1, -0.05) is 30.3 Å². The van der Waals surface area contributed by atoms with E-state index in [1.165, 1.54) is 0 Å². The van der Waals surface area contributed by atoms with Crippen LogP contribution in [-0.2, 0) is 11.3 Å². The number of carbonyl (C=O) groups is 1. The molecule has 1 aromatic rings. The van der Waals surface area contributed by atoms with E-state index in [1.54, 1.807) is 0 Å². The highest BCUT2D eigenvalue weighted by atomic mass is 16.2. The average molecular weight is 235 g/mol. The van der Waals surface area contributed by atoms with Crippen molar-refractivity contribution in [1.82, 2.24) is 10.2 Å². The Morgan fingerprint density at radius 1 is 1.41 bits per heavy atom. The van der Waals surface area contributed by atoms with Gasteiger partial charge in [-0.3, -0.25) is 9.69 Å². The van der Waals surface area contributed by atoms with E-state index in [9.17, 15) is 4.79 Å². The number of nitrogens with two attached hydrogens (primary N) is 1. The van der Waals surface area contributed by atoms with Crippen LogP contribution in [0.25, 0.3) is 0 Å². The van der Waals surface area contributed by atoms with Crippen molar-refractivity contribution in [2.45, 2.75) is 19.5 Å². The number of benzene rings is 1. The van der Waals surface area contributed by atoms with Crippen LogP contribution in [0, 0.1) is 0 Å². The van der Waals surface area contributed by atoms with Crippen molar-refractivity contribution < 1.29 is 4.79 Å². The molecule has 0 aromatic heterocycles. The lowest BCUT2D eigenvalue weighted by atomic mass is 10.2. The van der Waals surface area contributed by atoms with Gasteiger partial charge in [0.2, 0.25) is 5.91 Å². The van der Waals surface area contributed by atoms with Gasteiger partial charge in [0.1, 0.15) is 0 Å². The van der Waals surface area contributed by atoms with Gasteiger partial charge in [0, 0.05) is 19.1 Å². The predicted octanol–water partition coefficient (Wildman–Crippen LogP) is 0.582. The van der Waals surface area contributed by atoms with Crippen LogP contribution >= 0.6 is 0 Å². The molecule has 94 valence electrons. The van der Waals surface area contributed by atoms with Crippen LogP contribution in [0.1, 0.15) is 12.5 Å². The van der Waals surface area contributed by atoms with E-state index < -0.39 is 0 Å². The summed E-state index contributed by atoms with van der Waals surface area (Å²) in [6, 6.07) is 9.95. The Hall–Kier alpha value is -1.39. The first kappa shape index (κ1) is 13.7. The fourth-order valence-electron chi connectivity index (χ4n) is 1.65. The first-order valence-corrected chi connectivity index (χ1v) is 5.82. The molecule has 0 bridgehead atoms. The zero-order valence-electron chi connectivity index (χ0n) is 10.5. The minimum absolute atomic E-state index is 0.0250. The molecule has 4 nitrogen and oxygen atoms in total. The Labute approximate surface area is 103 Å². The van der Waals surface area contributed by atoms with Crippen LogP contribution in [0.15, 0.2) is 30.3 Å². The Balaban J connectivity index is 2.26. The lowest BCUT2D eigenvalue weighted by molar-refractivity contribution is -0.122. The highest BCUT2D eigenvalue weighted by Gasteiger charge is 2.07. The molecular weight excluding hydrogens is 214 g/mol. The van der Waals surface area contributed by atoms with E-state index in [4.69, 9.17) is 5.73 Å². The molecule has 4 heteroatoms. The van der Waals surface area contributed by atoms with E-state index in [-0.39, 0.29) is 11.9 Å². The molecule has 0 spiro atoms. The number of nitrogens with zero attached hydrogens (tertiary/aromatic N) is 1. The number of amides is 1. The van der Waals surface area contributed by atoms with E-state index in [0.717, 1.165) is 12.1 Å². The number of hydrogen-bond acceptors (Lipinski definition) is 3. The predicted molar refractivity (Wildman–Crippen MR) is 69.4 cm³/mol. The molecule has 17 heavy (non-hydrogen) atoms. The van der Waals surface area contributed by atoms with Gasteiger partial charge in [-0.15, -0.1) is 0 Å². The van der Waals surface area contributed by atoms with Gasteiger partial charge >= 0.3 is 0 Å². The van der Waals surface area contributed by atoms with Crippen LogP contribution in [0.4, 0.5) is 0 Å². The van der Waals surface area contributed by atoms with Crippen molar-refractivity contribution in [3.63, 3.8) is 0 Å². The maximum Gasteiger partial charge on any atom is 0.234 e. The summed E-state index contributed by atoms with van der Waals surface area (Å²) in [5.41, 5.74) is 6.77. The molecule has 0 saturated heterocycles. The molecule has 0 saturated carbocycles. The first-order chi connectivity index (χ1) is 8.08. The second kappa shape index (κ2) is 7.04. The summed E-state index contributed by atoms with van der Waals surface area (Å²) in [7, 11) is 1.89. The van der Waals surface area contributed by atoms with Crippen molar-refractivity contribution in [2.75, 3.05) is 20.1 Å². The molecule has 0 heterocycles. The second-order valence-electron chi connectivity index (χ2n) is 4.44. The van der Waals surface area contributed by atoms with Gasteiger partial charge in [-0.25, -0.2) is 0 Å². The Morgan fingerprint density at radius 3 is 2.65 bits per heavy atom. The van der Waals surface area contributed by atoms with Gasteiger partial charge < -0.3 is 11.1 Å². The third-order valence-electron chi connectivity index (χ3n) is 2.35. The van der Waals surface area contributed by atoms with Crippen molar-refractivity contribution >= 4 is 5.91 Å². The summed E-state index contributed by atoms with van der Waals surface area (Å²) in [6.07, 6.45) is 0. The normalized spacial score (nSPS) is 12.5. The molecule has 0 aliphatic carbocycles. The summed E-state index contributed by atoms with van der Waals surface area (Å²) in [5, 5.41) is 2.88. The number of likely N-dealkylation sites (N-methyl/N-ethyl adjacent to an activating group) is 1. The van der Waals surface area contributed by atoms with Crippen LogP contribution in [0.3, 0.4) is 0 Å². The SMILES string of the molecule is CC(N)CN(C)CC(=O)NCc1ccccc1. The summed E-state index contributed by atoms with van der Waals surface area (Å²) in [5.74, 6) is 0.0250. The van der Waals surface area contributed by atoms with Gasteiger partial charge in [-0.2, -0.15) is 0 Å². The topological polar surface area (TPSA) is 58.4 Å². The average Bonchev–Trinajstić information content (AvgIpc) is 2.26. The summed E-state index contributed by atoms with van der Waals surface area (Å²) in [6.45, 7) is 3.61. The molecule has 0 fully saturated rings. The van der Waals surface area contributed by atoms with Crippen molar-refractivity contribution in [3.05, 3.63) is 35.9 Å². The van der Waals surface area contributed by atoms with Crippen molar-refractivity contribution in [2.24, 2.45) is 5.73 Å². The van der Waals surface area contributed by atoms with Gasteiger partial charge in [0.25, 0.3) is 0 Å². The number of rotatable bonds is 6. The first-order valence-electron chi connectivity index (χ1n) is 5.82. The quantitative estimate of drug-likeness (QED) is 0.758. The number of hydrogen-bond donors (Lipinski definition) is 2. The minimum Gasteiger partial charge on any atom is -0.351 e. The molecule has 1 amide bonds. The smallest absolute Gasteiger partial charge is 0.234 e. The van der Waals surface area contributed by atoms with Crippen LogP contribution < -0.4 is 11.1 Å². The minimum atomic E-state index is 0.0250. The molecule has 3 N–H and O–H groups in total. The van der Waals surface area contributed by atoms with Crippen molar-refractivity contribution in [3.8, 4) is 0 Å². The molecule has 0 radical (unpaired) electrons. The van der Waals surface area contributed by atoms with Gasteiger partial charge in [-0.05, 0) is 19.5 Å². The fourth-order valence-corrected chi connectivity index (χ4v) is 1.65. The zero-order chi connectivity index (χ0) is 12.7. The summed E-state index contributed by atoms with van der Waals surface area (Å²) in [4.78, 5) is 13.5. The van der Waals surface area contributed by atoms with Crippen LogP contribution in [-0.4, -0.2) is 37.0 Å². The molecule has 1 atom stereocenters. The van der Waals surface area contributed by atoms with Crippen molar-refractivity contribution in [1.29, 1.82) is 0 Å². The Morgan fingerprint density at radius 2 is 2.06 bits per heavy atom. The highest BCUT2D eigenvalue weighted by molar-refractivity contribution is 5.77. The maximum atomic E-state index is 11.6. The lowest BCUT2D eigenvalue weighted by Gasteiger charge is -2.18. The maximum absolute atomic E-state index is 11.6. The molecule has 1 unspecified atom stereocenters. The fraction of sp³-hybridized carbons (Fsp3) is 0.462. The molecule has 1 rings (SSSR count). The summed E-state index contributed by atoms with van der Waals surface area (Å²) >= 11 is 0. The van der Waals surface area contributed by atoms with E-state index in [0.29, 0.717) is 13.1 Å². The summed E-state index contributed by atoms with van der Waals surface area (Å²) < 4.78 is 0.